The third kappa shape index (κ3) is 6.37. The fraction of sp³-hybridized carbons (Fsp3) is 0.552. The summed E-state index contributed by atoms with van der Waals surface area (Å²) in [5.74, 6) is 1.08. The minimum absolute atomic E-state index is 0.00937. The van der Waals surface area contributed by atoms with Crippen LogP contribution >= 0.6 is 0 Å². The van der Waals surface area contributed by atoms with E-state index < -0.39 is 6.16 Å². The maximum absolute atomic E-state index is 12.9. The van der Waals surface area contributed by atoms with Gasteiger partial charge in [-0.25, -0.2) is 4.79 Å². The van der Waals surface area contributed by atoms with E-state index in [4.69, 9.17) is 9.47 Å². The van der Waals surface area contributed by atoms with Crippen molar-refractivity contribution >= 4 is 6.16 Å². The van der Waals surface area contributed by atoms with Gasteiger partial charge in [-0.3, -0.25) is 0 Å². The maximum Gasteiger partial charge on any atom is 0.519 e. The van der Waals surface area contributed by atoms with Crippen LogP contribution in [0, 0.1) is 0 Å². The predicted octanol–water partition coefficient (Wildman–Crippen LogP) is 8.45. The number of hydrogen-bond donors (Lipinski definition) is 0. The first kappa shape index (κ1) is 26.0. The molecule has 32 heavy (non-hydrogen) atoms. The van der Waals surface area contributed by atoms with Gasteiger partial charge in [0.2, 0.25) is 0 Å². The summed E-state index contributed by atoms with van der Waals surface area (Å²) in [4.78, 5) is 12.9. The third-order valence-electron chi connectivity index (χ3n) is 5.69. The van der Waals surface area contributed by atoms with Gasteiger partial charge < -0.3 is 9.47 Å². The van der Waals surface area contributed by atoms with Crippen molar-refractivity contribution in [2.75, 3.05) is 0 Å². The van der Waals surface area contributed by atoms with Crippen molar-refractivity contribution < 1.29 is 14.3 Å². The lowest BCUT2D eigenvalue weighted by atomic mass is 9.80. The summed E-state index contributed by atoms with van der Waals surface area (Å²) in [6.45, 7) is 25.8. The molecule has 0 bridgehead atoms. The molecule has 0 spiro atoms. The molecule has 0 aliphatic rings. The van der Waals surface area contributed by atoms with Gasteiger partial charge in [0.25, 0.3) is 0 Å². The number of hydrogen-bond acceptors (Lipinski definition) is 3. The molecule has 2 rings (SSSR count). The highest BCUT2D eigenvalue weighted by Gasteiger charge is 2.27. The number of carbonyl (C=O) groups excluding carboxylic acids is 1. The second-order valence-corrected chi connectivity index (χ2v) is 12.9. The van der Waals surface area contributed by atoms with Gasteiger partial charge in [-0.2, -0.15) is 0 Å². The molecule has 0 saturated carbocycles. The Morgan fingerprint density at radius 3 is 1.09 bits per heavy atom. The SMILES string of the molecule is CC(C)(C)c1ccc(OC(=O)Oc2ccc(C(C)(C)C)cc2C(C)(C)C)c(C(C)(C)C)c1. The van der Waals surface area contributed by atoms with Crippen LogP contribution in [0.5, 0.6) is 11.5 Å². The zero-order valence-corrected chi connectivity index (χ0v) is 22.2. The van der Waals surface area contributed by atoms with Crippen molar-refractivity contribution in [1.82, 2.24) is 0 Å². The molecule has 3 nitrogen and oxygen atoms in total. The van der Waals surface area contributed by atoms with Gasteiger partial charge in [-0.05, 0) is 44.9 Å². The summed E-state index contributed by atoms with van der Waals surface area (Å²) < 4.78 is 11.5. The lowest BCUT2D eigenvalue weighted by Gasteiger charge is -2.27. The topological polar surface area (TPSA) is 35.5 Å². The molecular formula is C29H42O3. The van der Waals surface area contributed by atoms with Gasteiger partial charge in [0.15, 0.2) is 0 Å². The molecule has 3 heteroatoms. The highest BCUT2D eigenvalue weighted by atomic mass is 16.7. The Hall–Kier alpha value is -2.29. The molecule has 0 aliphatic heterocycles. The lowest BCUT2D eigenvalue weighted by molar-refractivity contribution is 0.150. The van der Waals surface area contributed by atoms with Crippen LogP contribution in [-0.4, -0.2) is 6.16 Å². The standard InChI is InChI=1S/C29H42O3/c1-26(2,3)19-13-15-23(21(17-19)28(7,8)9)31-25(30)32-24-16-14-20(27(4,5)6)18-22(24)29(10,11)12/h13-18H,1-12H3. The Kier molecular flexibility index (Phi) is 6.96. The zero-order chi connectivity index (χ0) is 24.7. The monoisotopic (exact) mass is 438 g/mol. The second-order valence-electron chi connectivity index (χ2n) is 12.9. The van der Waals surface area contributed by atoms with Crippen molar-refractivity contribution in [3.63, 3.8) is 0 Å². The van der Waals surface area contributed by atoms with Gasteiger partial charge in [0.1, 0.15) is 11.5 Å². The molecule has 0 atom stereocenters. The van der Waals surface area contributed by atoms with Crippen LogP contribution in [0.3, 0.4) is 0 Å². The molecule has 0 N–H and O–H groups in total. The van der Waals surface area contributed by atoms with E-state index in [2.05, 4.69) is 95.2 Å². The molecule has 176 valence electrons. The third-order valence-corrected chi connectivity index (χ3v) is 5.69. The molecule has 0 radical (unpaired) electrons. The lowest BCUT2D eigenvalue weighted by Crippen LogP contribution is -2.22. The Bertz CT molecular complexity index is 892. The smallest absolute Gasteiger partial charge is 0.394 e. The van der Waals surface area contributed by atoms with E-state index in [-0.39, 0.29) is 21.7 Å². The minimum atomic E-state index is -0.715. The van der Waals surface area contributed by atoms with Gasteiger partial charge in [0.05, 0.1) is 0 Å². The van der Waals surface area contributed by atoms with Crippen molar-refractivity contribution in [2.45, 2.75) is 105 Å². The second kappa shape index (κ2) is 8.57. The number of ether oxygens (including phenoxy) is 2. The molecule has 2 aromatic rings. The van der Waals surface area contributed by atoms with Crippen LogP contribution in [-0.2, 0) is 21.7 Å². The number of rotatable bonds is 2. The zero-order valence-electron chi connectivity index (χ0n) is 22.2. The summed E-state index contributed by atoms with van der Waals surface area (Å²) in [5, 5.41) is 0. The summed E-state index contributed by atoms with van der Waals surface area (Å²) in [7, 11) is 0. The summed E-state index contributed by atoms with van der Waals surface area (Å²) in [5.41, 5.74) is 4.04. The van der Waals surface area contributed by atoms with Gasteiger partial charge in [0, 0.05) is 11.1 Å². The van der Waals surface area contributed by atoms with Crippen molar-refractivity contribution in [1.29, 1.82) is 0 Å². The molecule has 0 aliphatic carbocycles. The molecule has 0 aromatic heterocycles. The number of benzene rings is 2. The number of carbonyl (C=O) groups is 1. The summed E-state index contributed by atoms with van der Waals surface area (Å²) in [6, 6.07) is 12.1. The van der Waals surface area contributed by atoms with E-state index in [0.717, 1.165) is 11.1 Å². The quantitative estimate of drug-likeness (QED) is 0.348. The predicted molar refractivity (Wildman–Crippen MR) is 134 cm³/mol. The van der Waals surface area contributed by atoms with E-state index >= 15 is 0 Å². The van der Waals surface area contributed by atoms with E-state index in [0.29, 0.717) is 11.5 Å². The van der Waals surface area contributed by atoms with Crippen LogP contribution in [0.1, 0.15) is 105 Å². The first-order chi connectivity index (χ1) is 14.3. The van der Waals surface area contributed by atoms with E-state index in [1.165, 1.54) is 11.1 Å². The molecule has 0 unspecified atom stereocenters. The molecule has 0 amide bonds. The Labute approximate surface area is 195 Å². The minimum Gasteiger partial charge on any atom is -0.394 e. The highest BCUT2D eigenvalue weighted by molar-refractivity contribution is 5.69. The van der Waals surface area contributed by atoms with E-state index in [1.54, 1.807) is 0 Å². The van der Waals surface area contributed by atoms with Crippen molar-refractivity contribution in [3.05, 3.63) is 58.7 Å². The van der Waals surface area contributed by atoms with Crippen LogP contribution in [0.25, 0.3) is 0 Å². The summed E-state index contributed by atoms with van der Waals surface area (Å²) in [6.07, 6.45) is -0.715. The first-order valence-electron chi connectivity index (χ1n) is 11.5. The largest absolute Gasteiger partial charge is 0.519 e. The summed E-state index contributed by atoms with van der Waals surface area (Å²) >= 11 is 0. The Balaban J connectivity index is 2.39. The van der Waals surface area contributed by atoms with E-state index in [9.17, 15) is 4.79 Å². The first-order valence-corrected chi connectivity index (χ1v) is 11.5. The van der Waals surface area contributed by atoms with Gasteiger partial charge in [-0.1, -0.05) is 107 Å². The maximum atomic E-state index is 12.9. The van der Waals surface area contributed by atoms with Crippen molar-refractivity contribution in [2.24, 2.45) is 0 Å². The average Bonchev–Trinajstić information content (AvgIpc) is 2.58. The van der Waals surface area contributed by atoms with Crippen LogP contribution < -0.4 is 9.47 Å². The molecule has 0 saturated heterocycles. The molecule has 2 aromatic carbocycles. The molecule has 0 fully saturated rings. The van der Waals surface area contributed by atoms with Crippen LogP contribution in [0.4, 0.5) is 4.79 Å². The van der Waals surface area contributed by atoms with Crippen LogP contribution in [0.15, 0.2) is 36.4 Å². The Morgan fingerprint density at radius 1 is 0.531 bits per heavy atom. The fourth-order valence-electron chi connectivity index (χ4n) is 3.54. The van der Waals surface area contributed by atoms with Gasteiger partial charge in [-0.15, -0.1) is 0 Å². The normalized spacial score (nSPS) is 13.1. The van der Waals surface area contributed by atoms with E-state index in [1.807, 2.05) is 24.3 Å². The van der Waals surface area contributed by atoms with Crippen molar-refractivity contribution in [3.8, 4) is 11.5 Å². The Morgan fingerprint density at radius 2 is 0.844 bits per heavy atom. The highest BCUT2D eigenvalue weighted by Crippen LogP contribution is 2.38. The fourth-order valence-corrected chi connectivity index (χ4v) is 3.54. The molecule has 0 heterocycles. The molecular weight excluding hydrogens is 396 g/mol. The van der Waals surface area contributed by atoms with Gasteiger partial charge >= 0.3 is 6.16 Å². The average molecular weight is 439 g/mol. The van der Waals surface area contributed by atoms with Crippen LogP contribution in [0.2, 0.25) is 0 Å².